The van der Waals surface area contributed by atoms with Crippen molar-refractivity contribution in [2.24, 2.45) is 0 Å². The summed E-state index contributed by atoms with van der Waals surface area (Å²) in [6.07, 6.45) is 11.9. The molecule has 0 saturated heterocycles. The van der Waals surface area contributed by atoms with Crippen LogP contribution >= 0.6 is 6.83 Å². The Hall–Kier alpha value is -0.300. The zero-order valence-corrected chi connectivity index (χ0v) is 15.6. The maximum absolute atomic E-state index is 11.5. The Kier molecular flexibility index (Phi) is 10.3. The van der Waals surface area contributed by atoms with Crippen molar-refractivity contribution in [1.29, 1.82) is 0 Å². The molecule has 4 heteroatoms. The van der Waals surface area contributed by atoms with Crippen LogP contribution in [0.4, 0.5) is 4.79 Å². The molecule has 0 aromatic rings. The van der Waals surface area contributed by atoms with E-state index in [1.807, 2.05) is 0 Å². The third kappa shape index (κ3) is 7.00. The summed E-state index contributed by atoms with van der Waals surface area (Å²) in [5.41, 5.74) is 0. The predicted molar refractivity (Wildman–Crippen MR) is 95.1 cm³/mol. The molecule has 0 aromatic carbocycles. The fourth-order valence-electron chi connectivity index (χ4n) is 3.31. The van der Waals surface area contributed by atoms with Gasteiger partial charge in [-0.3, -0.25) is 0 Å². The van der Waals surface area contributed by atoms with Crippen molar-refractivity contribution in [2.75, 3.05) is 24.6 Å². The molecule has 0 heterocycles. The molecule has 0 bridgehead atoms. The van der Waals surface area contributed by atoms with E-state index in [4.69, 9.17) is 4.52 Å². The predicted octanol–water partition coefficient (Wildman–Crippen LogP) is 6.35. The maximum atomic E-state index is 11.5. The summed E-state index contributed by atoms with van der Waals surface area (Å²) in [5, 5.41) is 9.42. The monoisotopic (exact) mass is 320 g/mol. The molecule has 0 aliphatic heterocycles. The molecule has 0 saturated carbocycles. The van der Waals surface area contributed by atoms with Gasteiger partial charge in [-0.1, -0.05) is 0 Å². The van der Waals surface area contributed by atoms with Gasteiger partial charge in [0.05, 0.1) is 0 Å². The number of hydrogen-bond acceptors (Lipinski definition) is 2. The van der Waals surface area contributed by atoms with Crippen LogP contribution in [0.1, 0.15) is 79.1 Å². The molecular formula is C17H37O3P. The van der Waals surface area contributed by atoms with Crippen LogP contribution in [-0.4, -0.2) is 35.9 Å². The van der Waals surface area contributed by atoms with Gasteiger partial charge in [0.1, 0.15) is 0 Å². The number of hydrogen-bond donors (Lipinski definition) is 1. The molecule has 3 nitrogen and oxygen atoms in total. The van der Waals surface area contributed by atoms with Crippen LogP contribution in [-0.2, 0) is 4.52 Å². The zero-order valence-electron chi connectivity index (χ0n) is 14.7. The van der Waals surface area contributed by atoms with Gasteiger partial charge in [0.2, 0.25) is 0 Å². The topological polar surface area (TPSA) is 46.5 Å². The molecule has 0 aliphatic rings. The minimum atomic E-state index is -2.58. The van der Waals surface area contributed by atoms with E-state index in [0.717, 1.165) is 76.0 Å². The van der Waals surface area contributed by atoms with E-state index in [1.165, 1.54) is 0 Å². The van der Waals surface area contributed by atoms with Gasteiger partial charge in [0.25, 0.3) is 0 Å². The first kappa shape index (κ1) is 20.7. The molecule has 0 atom stereocenters. The Bertz CT molecular complexity index is 248. The van der Waals surface area contributed by atoms with E-state index < -0.39 is 13.0 Å². The SMILES string of the molecule is CCCCP(CCCC)(CCCC)(CCCC)OC(=O)O. The van der Waals surface area contributed by atoms with Gasteiger partial charge in [-0.2, -0.15) is 0 Å². The third-order valence-electron chi connectivity index (χ3n) is 4.65. The minimum absolute atomic E-state index is 1.01. The summed E-state index contributed by atoms with van der Waals surface area (Å²) in [6, 6.07) is 0. The summed E-state index contributed by atoms with van der Waals surface area (Å²) < 4.78 is 5.88. The summed E-state index contributed by atoms with van der Waals surface area (Å²) in [4.78, 5) is 11.5. The van der Waals surface area contributed by atoms with Crippen LogP contribution < -0.4 is 0 Å². The number of carbonyl (C=O) groups is 1. The molecule has 0 amide bonds. The average Bonchev–Trinajstić information content (AvgIpc) is 2.47. The first-order valence-electron chi connectivity index (χ1n) is 8.91. The second-order valence-electron chi connectivity index (χ2n) is 6.52. The van der Waals surface area contributed by atoms with Crippen LogP contribution in [0.5, 0.6) is 0 Å². The fraction of sp³-hybridized carbons (Fsp3) is 0.941. The van der Waals surface area contributed by atoms with Crippen molar-refractivity contribution in [3.8, 4) is 0 Å². The number of carboxylic acid groups (broad SMARTS) is 1. The third-order valence-corrected chi connectivity index (χ3v) is 11.1. The van der Waals surface area contributed by atoms with E-state index in [2.05, 4.69) is 27.7 Å². The zero-order chi connectivity index (χ0) is 16.2. The molecule has 128 valence electrons. The van der Waals surface area contributed by atoms with Crippen molar-refractivity contribution in [1.82, 2.24) is 0 Å². The second-order valence-corrected chi connectivity index (χ2v) is 12.2. The standard InChI is InChI=1S/C17H37O3P/c1-5-9-13-21(14-10-6-2,15-11-7-3,16-12-8-4)20-17(18)19/h5-16H2,1-4H3,(H,18,19). The van der Waals surface area contributed by atoms with Gasteiger partial charge in [-0.15, -0.1) is 0 Å². The van der Waals surface area contributed by atoms with E-state index in [1.54, 1.807) is 0 Å². The quantitative estimate of drug-likeness (QED) is 0.402. The molecule has 0 unspecified atom stereocenters. The van der Waals surface area contributed by atoms with Gasteiger partial charge in [0, 0.05) is 0 Å². The molecule has 0 aromatic heterocycles. The summed E-state index contributed by atoms with van der Waals surface area (Å²) in [7, 11) is 0. The van der Waals surface area contributed by atoms with Crippen molar-refractivity contribution >= 4 is 13.0 Å². The first-order valence-corrected chi connectivity index (χ1v) is 11.8. The molecule has 0 spiro atoms. The van der Waals surface area contributed by atoms with Crippen LogP contribution in [0, 0.1) is 0 Å². The molecule has 0 radical (unpaired) electrons. The van der Waals surface area contributed by atoms with Crippen molar-refractivity contribution < 1.29 is 14.4 Å². The summed E-state index contributed by atoms with van der Waals surface area (Å²) >= 11 is 0. The van der Waals surface area contributed by atoms with Crippen LogP contribution in [0.15, 0.2) is 0 Å². The fourth-order valence-corrected chi connectivity index (χ4v) is 9.92. The second kappa shape index (κ2) is 10.4. The Morgan fingerprint density at radius 1 is 0.762 bits per heavy atom. The molecule has 0 rings (SSSR count). The average molecular weight is 320 g/mol. The van der Waals surface area contributed by atoms with E-state index >= 15 is 0 Å². The van der Waals surface area contributed by atoms with Gasteiger partial charge in [-0.05, 0) is 0 Å². The molecular weight excluding hydrogens is 283 g/mol. The molecule has 1 N–H and O–H groups in total. The van der Waals surface area contributed by atoms with Crippen LogP contribution in [0.3, 0.4) is 0 Å². The van der Waals surface area contributed by atoms with E-state index in [-0.39, 0.29) is 0 Å². The molecule has 0 aliphatic carbocycles. The van der Waals surface area contributed by atoms with Crippen molar-refractivity contribution in [3.63, 3.8) is 0 Å². The Labute approximate surface area is 131 Å². The molecule has 0 fully saturated rings. The van der Waals surface area contributed by atoms with Crippen LogP contribution in [0.2, 0.25) is 0 Å². The van der Waals surface area contributed by atoms with Crippen LogP contribution in [0.25, 0.3) is 0 Å². The van der Waals surface area contributed by atoms with Crippen molar-refractivity contribution in [2.45, 2.75) is 79.1 Å². The number of rotatable bonds is 13. The number of unbranched alkanes of at least 4 members (excludes halogenated alkanes) is 4. The Morgan fingerprint density at radius 3 is 1.24 bits per heavy atom. The summed E-state index contributed by atoms with van der Waals surface area (Å²) in [5.74, 6) is 0. The van der Waals surface area contributed by atoms with Gasteiger partial charge >= 0.3 is 131 Å². The Morgan fingerprint density at radius 2 is 1.05 bits per heavy atom. The normalized spacial score (nSPS) is 13.6. The van der Waals surface area contributed by atoms with Gasteiger partial charge < -0.3 is 0 Å². The van der Waals surface area contributed by atoms with E-state index in [0.29, 0.717) is 0 Å². The molecule has 21 heavy (non-hydrogen) atoms. The van der Waals surface area contributed by atoms with Crippen molar-refractivity contribution in [3.05, 3.63) is 0 Å². The van der Waals surface area contributed by atoms with Gasteiger partial charge in [-0.25, -0.2) is 0 Å². The Balaban J connectivity index is 5.50. The first-order chi connectivity index (χ1) is 9.97. The van der Waals surface area contributed by atoms with Gasteiger partial charge in [0.15, 0.2) is 0 Å². The van der Waals surface area contributed by atoms with E-state index in [9.17, 15) is 9.90 Å². The summed E-state index contributed by atoms with van der Waals surface area (Å²) in [6.45, 7) is 6.16.